The van der Waals surface area contributed by atoms with Crippen LogP contribution >= 0.6 is 0 Å². The summed E-state index contributed by atoms with van der Waals surface area (Å²) >= 11 is 0. The number of aromatic nitrogens is 2. The zero-order valence-electron chi connectivity index (χ0n) is 16.6. The number of rotatable bonds is 5. The number of hydrogen-bond donors (Lipinski definition) is 1. The molecule has 6 nitrogen and oxygen atoms in total. The summed E-state index contributed by atoms with van der Waals surface area (Å²) in [7, 11) is 0. The molecule has 1 aromatic carbocycles. The van der Waals surface area contributed by atoms with Crippen LogP contribution in [0.4, 0.5) is 5.95 Å². The third-order valence-corrected chi connectivity index (χ3v) is 4.89. The molecule has 144 valence electrons. The molecule has 0 unspecified atom stereocenters. The molecule has 1 saturated heterocycles. The van der Waals surface area contributed by atoms with Gasteiger partial charge in [-0.2, -0.15) is 0 Å². The molecule has 1 fully saturated rings. The van der Waals surface area contributed by atoms with Crippen LogP contribution in [0, 0.1) is 13.8 Å². The van der Waals surface area contributed by atoms with E-state index < -0.39 is 0 Å². The molecule has 2 heterocycles. The van der Waals surface area contributed by atoms with Gasteiger partial charge in [0.25, 0.3) is 0 Å². The number of hydrogen-bond acceptors (Lipinski definition) is 4. The molecule has 3 rings (SSSR count). The van der Waals surface area contributed by atoms with Crippen molar-refractivity contribution in [3.05, 3.63) is 53.3 Å². The van der Waals surface area contributed by atoms with Crippen LogP contribution in [-0.4, -0.2) is 60.1 Å². The monoisotopic (exact) mass is 366 g/mol. The van der Waals surface area contributed by atoms with Gasteiger partial charge < -0.3 is 15.1 Å². The Morgan fingerprint density at radius 1 is 1.11 bits per heavy atom. The third-order valence-electron chi connectivity index (χ3n) is 4.89. The lowest BCUT2D eigenvalue weighted by atomic mass is 10.0. The number of nitrogens with one attached hydrogen (secondary N) is 1. The Kier molecular flexibility index (Phi) is 6.63. The van der Waals surface area contributed by atoms with E-state index in [9.17, 15) is 0 Å². The summed E-state index contributed by atoms with van der Waals surface area (Å²) in [6.45, 7) is 11.8. The first-order valence-corrected chi connectivity index (χ1v) is 9.78. The molecule has 1 aliphatic heterocycles. The summed E-state index contributed by atoms with van der Waals surface area (Å²) in [4.78, 5) is 18.2. The first-order chi connectivity index (χ1) is 13.2. The molecule has 0 spiro atoms. The minimum atomic E-state index is 0.800. The van der Waals surface area contributed by atoms with Crippen molar-refractivity contribution in [1.29, 1.82) is 0 Å². The molecule has 0 bridgehead atoms. The molecular weight excluding hydrogens is 336 g/mol. The molecule has 1 aliphatic rings. The van der Waals surface area contributed by atoms with E-state index in [1.54, 1.807) is 12.4 Å². The fourth-order valence-corrected chi connectivity index (χ4v) is 3.41. The number of aliphatic imine (C=N–C) groups is 1. The maximum atomic E-state index is 4.88. The van der Waals surface area contributed by atoms with Gasteiger partial charge in [-0.3, -0.25) is 4.99 Å². The van der Waals surface area contributed by atoms with E-state index in [4.69, 9.17) is 4.99 Å². The van der Waals surface area contributed by atoms with E-state index in [0.717, 1.165) is 57.6 Å². The lowest BCUT2D eigenvalue weighted by Crippen LogP contribution is -2.53. The zero-order chi connectivity index (χ0) is 19.1. The summed E-state index contributed by atoms with van der Waals surface area (Å²) < 4.78 is 0. The molecule has 1 aromatic heterocycles. The first-order valence-electron chi connectivity index (χ1n) is 9.78. The van der Waals surface area contributed by atoms with E-state index >= 15 is 0 Å². The fourth-order valence-electron chi connectivity index (χ4n) is 3.41. The van der Waals surface area contributed by atoms with Gasteiger partial charge in [0.1, 0.15) is 0 Å². The van der Waals surface area contributed by atoms with Crippen molar-refractivity contribution in [1.82, 2.24) is 20.2 Å². The van der Waals surface area contributed by atoms with Crippen molar-refractivity contribution >= 4 is 11.9 Å². The highest BCUT2D eigenvalue weighted by Gasteiger charge is 2.20. The van der Waals surface area contributed by atoms with E-state index in [1.165, 1.54) is 16.7 Å². The molecule has 0 aliphatic carbocycles. The van der Waals surface area contributed by atoms with Gasteiger partial charge in [-0.05, 0) is 44.4 Å². The highest BCUT2D eigenvalue weighted by Crippen LogP contribution is 2.12. The number of anilines is 1. The molecule has 6 heteroatoms. The van der Waals surface area contributed by atoms with Gasteiger partial charge in [0.05, 0.1) is 0 Å². The zero-order valence-corrected chi connectivity index (χ0v) is 16.6. The van der Waals surface area contributed by atoms with Gasteiger partial charge in [0, 0.05) is 51.7 Å². The predicted molar refractivity (Wildman–Crippen MR) is 111 cm³/mol. The van der Waals surface area contributed by atoms with Crippen molar-refractivity contribution in [2.75, 3.05) is 44.2 Å². The van der Waals surface area contributed by atoms with Crippen LogP contribution in [0.3, 0.4) is 0 Å². The van der Waals surface area contributed by atoms with Crippen molar-refractivity contribution in [2.45, 2.75) is 27.2 Å². The lowest BCUT2D eigenvalue weighted by Gasteiger charge is -2.36. The minimum Gasteiger partial charge on any atom is -0.357 e. The molecular formula is C21H30N6. The van der Waals surface area contributed by atoms with Gasteiger partial charge in [-0.1, -0.05) is 23.8 Å². The number of aryl methyl sites for hydroxylation is 2. The van der Waals surface area contributed by atoms with Crippen LogP contribution in [0.15, 0.2) is 41.7 Å². The number of piperazine rings is 1. The van der Waals surface area contributed by atoms with Crippen LogP contribution in [0.1, 0.15) is 23.6 Å². The maximum Gasteiger partial charge on any atom is 0.225 e. The normalized spacial score (nSPS) is 15.1. The van der Waals surface area contributed by atoms with Crippen LogP contribution in [0.5, 0.6) is 0 Å². The SMILES string of the molecule is CCNC(=NCCc1ccc(C)cc1C)N1CCN(c2ncccn2)CC1. The third kappa shape index (κ3) is 5.18. The smallest absolute Gasteiger partial charge is 0.225 e. The van der Waals surface area contributed by atoms with E-state index in [1.807, 2.05) is 6.07 Å². The van der Waals surface area contributed by atoms with Crippen LogP contribution in [0.2, 0.25) is 0 Å². The highest BCUT2D eigenvalue weighted by molar-refractivity contribution is 5.80. The molecule has 2 aromatic rings. The maximum absolute atomic E-state index is 4.88. The molecule has 0 radical (unpaired) electrons. The molecule has 0 saturated carbocycles. The number of benzene rings is 1. The van der Waals surface area contributed by atoms with E-state index in [0.29, 0.717) is 0 Å². The van der Waals surface area contributed by atoms with Gasteiger partial charge in [-0.15, -0.1) is 0 Å². The average molecular weight is 367 g/mol. The number of guanidine groups is 1. The predicted octanol–water partition coefficient (Wildman–Crippen LogP) is 2.42. The Labute approximate surface area is 162 Å². The Bertz CT molecular complexity index is 751. The summed E-state index contributed by atoms with van der Waals surface area (Å²) in [6.07, 6.45) is 4.57. The van der Waals surface area contributed by atoms with Crippen LogP contribution < -0.4 is 10.2 Å². The average Bonchev–Trinajstić information content (AvgIpc) is 2.70. The van der Waals surface area contributed by atoms with Crippen LogP contribution in [-0.2, 0) is 6.42 Å². The summed E-state index contributed by atoms with van der Waals surface area (Å²) in [6, 6.07) is 8.51. The summed E-state index contributed by atoms with van der Waals surface area (Å²) in [5.74, 6) is 1.82. The molecule has 0 amide bonds. The molecule has 1 N–H and O–H groups in total. The Hall–Kier alpha value is -2.63. The Morgan fingerprint density at radius 2 is 1.85 bits per heavy atom. The van der Waals surface area contributed by atoms with Gasteiger partial charge in [-0.25, -0.2) is 9.97 Å². The largest absolute Gasteiger partial charge is 0.357 e. The second-order valence-electron chi connectivity index (χ2n) is 6.94. The van der Waals surface area contributed by atoms with Crippen molar-refractivity contribution in [3.8, 4) is 0 Å². The number of nitrogens with zero attached hydrogens (tertiary/aromatic N) is 5. The van der Waals surface area contributed by atoms with Crippen molar-refractivity contribution in [3.63, 3.8) is 0 Å². The quantitative estimate of drug-likeness (QED) is 0.651. The van der Waals surface area contributed by atoms with E-state index in [-0.39, 0.29) is 0 Å². The Morgan fingerprint density at radius 3 is 2.52 bits per heavy atom. The van der Waals surface area contributed by atoms with Gasteiger partial charge in [0.15, 0.2) is 5.96 Å². The van der Waals surface area contributed by atoms with Crippen molar-refractivity contribution in [2.24, 2.45) is 4.99 Å². The fraction of sp³-hybridized carbons (Fsp3) is 0.476. The minimum absolute atomic E-state index is 0.800. The Balaban J connectivity index is 1.57. The molecule has 0 atom stereocenters. The summed E-state index contributed by atoms with van der Waals surface area (Å²) in [5, 5.41) is 3.44. The highest BCUT2D eigenvalue weighted by atomic mass is 15.4. The lowest BCUT2D eigenvalue weighted by molar-refractivity contribution is 0.370. The van der Waals surface area contributed by atoms with Crippen LogP contribution in [0.25, 0.3) is 0 Å². The van der Waals surface area contributed by atoms with E-state index in [2.05, 4.69) is 64.1 Å². The first kappa shape index (κ1) is 19.1. The molecule has 27 heavy (non-hydrogen) atoms. The van der Waals surface area contributed by atoms with Crippen molar-refractivity contribution < 1.29 is 0 Å². The topological polar surface area (TPSA) is 56.7 Å². The second-order valence-corrected chi connectivity index (χ2v) is 6.94. The standard InChI is InChI=1S/C21H30N6/c1-4-22-20(25-11-8-19-7-6-17(2)16-18(19)3)26-12-14-27(15-13-26)21-23-9-5-10-24-21/h5-7,9-10,16H,4,8,11-15H2,1-3H3,(H,22,25). The second kappa shape index (κ2) is 9.35. The van der Waals surface area contributed by atoms with Gasteiger partial charge >= 0.3 is 0 Å². The van der Waals surface area contributed by atoms with Gasteiger partial charge in [0.2, 0.25) is 5.95 Å². The summed E-state index contributed by atoms with van der Waals surface area (Å²) in [5.41, 5.74) is 4.05.